The fraction of sp³-hybridized carbons (Fsp3) is 0.333. The normalized spacial score (nSPS) is 11.3. The molecule has 0 aliphatic rings. The predicted molar refractivity (Wildman–Crippen MR) is 95.2 cm³/mol. The Bertz CT molecular complexity index is 972. The molecule has 0 aliphatic heterocycles. The maximum absolute atomic E-state index is 13.5. The van der Waals surface area contributed by atoms with Crippen LogP contribution < -0.4 is 0 Å². The molecule has 0 fully saturated rings. The molecule has 3 rings (SSSR count). The van der Waals surface area contributed by atoms with E-state index in [1.54, 1.807) is 12.3 Å². The van der Waals surface area contributed by atoms with Crippen LogP contribution in [0.1, 0.15) is 21.9 Å². The van der Waals surface area contributed by atoms with Gasteiger partial charge in [-0.3, -0.25) is 4.79 Å². The summed E-state index contributed by atoms with van der Waals surface area (Å²) >= 11 is 0. The van der Waals surface area contributed by atoms with Crippen molar-refractivity contribution in [3.8, 4) is 0 Å². The van der Waals surface area contributed by atoms with Crippen LogP contribution in [0.5, 0.6) is 0 Å². The molecule has 27 heavy (non-hydrogen) atoms. The van der Waals surface area contributed by atoms with Gasteiger partial charge in [0.05, 0.1) is 0 Å². The molecule has 0 radical (unpaired) electrons. The number of hydrogen-bond acceptors (Lipinski definition) is 5. The van der Waals surface area contributed by atoms with Crippen LogP contribution in [-0.4, -0.2) is 62.5 Å². The average molecular weight is 374 g/mol. The largest absolute Gasteiger partial charge is 0.330 e. The van der Waals surface area contributed by atoms with E-state index in [2.05, 4.69) is 15.1 Å². The molecule has 142 valence electrons. The first kappa shape index (κ1) is 18.8. The Labute approximate surface area is 155 Å². The first-order chi connectivity index (χ1) is 12.8. The Hall–Kier alpha value is -2.94. The molecular weight excluding hydrogens is 354 g/mol. The summed E-state index contributed by atoms with van der Waals surface area (Å²) in [6.45, 7) is 2.93. The molecule has 7 nitrogen and oxygen atoms in total. The predicted octanol–water partition coefficient (Wildman–Crippen LogP) is 1.91. The van der Waals surface area contributed by atoms with Gasteiger partial charge in [0, 0.05) is 31.5 Å². The Morgan fingerprint density at radius 2 is 1.93 bits per heavy atom. The average Bonchev–Trinajstić information content (AvgIpc) is 3.06. The van der Waals surface area contributed by atoms with Crippen molar-refractivity contribution in [2.24, 2.45) is 0 Å². The Morgan fingerprint density at radius 1 is 1.15 bits per heavy atom. The smallest absolute Gasteiger partial charge is 0.293 e. The zero-order valence-corrected chi connectivity index (χ0v) is 15.4. The number of fused-ring (bicyclic) bond motifs is 1. The van der Waals surface area contributed by atoms with E-state index in [9.17, 15) is 13.6 Å². The number of rotatable bonds is 6. The van der Waals surface area contributed by atoms with E-state index >= 15 is 0 Å². The van der Waals surface area contributed by atoms with Gasteiger partial charge in [-0.2, -0.15) is 4.98 Å². The lowest BCUT2D eigenvalue weighted by atomic mass is 10.2. The van der Waals surface area contributed by atoms with Crippen LogP contribution in [0.15, 0.2) is 30.5 Å². The lowest BCUT2D eigenvalue weighted by molar-refractivity contribution is 0.0719. The van der Waals surface area contributed by atoms with Crippen LogP contribution >= 0.6 is 0 Å². The molecule has 0 unspecified atom stereocenters. The van der Waals surface area contributed by atoms with Crippen molar-refractivity contribution >= 4 is 11.7 Å². The molecule has 1 aromatic carbocycles. The minimum Gasteiger partial charge on any atom is -0.330 e. The number of aryl methyl sites for hydroxylation is 1. The van der Waals surface area contributed by atoms with Crippen molar-refractivity contribution < 1.29 is 13.6 Å². The van der Waals surface area contributed by atoms with E-state index < -0.39 is 17.5 Å². The third-order valence-electron chi connectivity index (χ3n) is 4.08. The fourth-order valence-electron chi connectivity index (χ4n) is 2.57. The summed E-state index contributed by atoms with van der Waals surface area (Å²) in [5.74, 6) is -1.92. The molecule has 1 amide bonds. The highest BCUT2D eigenvalue weighted by Crippen LogP contribution is 2.13. The Balaban J connectivity index is 1.89. The van der Waals surface area contributed by atoms with Gasteiger partial charge in [0.2, 0.25) is 5.82 Å². The van der Waals surface area contributed by atoms with Crippen molar-refractivity contribution in [2.45, 2.75) is 13.5 Å². The van der Waals surface area contributed by atoms with E-state index in [1.165, 1.54) is 15.5 Å². The van der Waals surface area contributed by atoms with E-state index in [4.69, 9.17) is 0 Å². The number of amides is 1. The van der Waals surface area contributed by atoms with Crippen molar-refractivity contribution in [1.29, 1.82) is 0 Å². The van der Waals surface area contributed by atoms with E-state index in [1.807, 2.05) is 25.9 Å². The molecule has 2 aromatic heterocycles. The zero-order chi connectivity index (χ0) is 19.6. The van der Waals surface area contributed by atoms with Crippen molar-refractivity contribution in [1.82, 2.24) is 29.4 Å². The molecule has 0 bridgehead atoms. The number of hydrogen-bond donors (Lipinski definition) is 0. The fourth-order valence-corrected chi connectivity index (χ4v) is 2.57. The maximum atomic E-state index is 13.5. The number of aromatic nitrogens is 4. The molecule has 3 aromatic rings. The van der Waals surface area contributed by atoms with E-state index in [0.717, 1.165) is 17.8 Å². The van der Waals surface area contributed by atoms with Crippen LogP contribution in [0.3, 0.4) is 0 Å². The molecule has 0 N–H and O–H groups in total. The summed E-state index contributed by atoms with van der Waals surface area (Å²) in [6, 6.07) is 5.36. The first-order valence-electron chi connectivity index (χ1n) is 8.41. The lowest BCUT2D eigenvalue weighted by Crippen LogP contribution is -2.36. The van der Waals surface area contributed by atoms with Gasteiger partial charge in [-0.25, -0.2) is 18.3 Å². The third-order valence-corrected chi connectivity index (χ3v) is 4.08. The number of carbonyl (C=O) groups is 1. The zero-order valence-electron chi connectivity index (χ0n) is 15.4. The minimum atomic E-state index is -0.946. The molecule has 9 heteroatoms. The number of likely N-dealkylation sites (N-methyl/N-ethyl adjacent to an activating group) is 1. The first-order valence-corrected chi connectivity index (χ1v) is 8.41. The molecule has 0 saturated heterocycles. The van der Waals surface area contributed by atoms with Crippen LogP contribution in [0.25, 0.3) is 5.78 Å². The van der Waals surface area contributed by atoms with Crippen LogP contribution in [-0.2, 0) is 6.54 Å². The van der Waals surface area contributed by atoms with Gasteiger partial charge in [-0.05, 0) is 44.8 Å². The topological polar surface area (TPSA) is 66.6 Å². The van der Waals surface area contributed by atoms with Gasteiger partial charge in [0.1, 0.15) is 0 Å². The van der Waals surface area contributed by atoms with Crippen molar-refractivity contribution in [2.75, 3.05) is 27.2 Å². The number of nitrogens with zero attached hydrogens (tertiary/aromatic N) is 6. The molecule has 0 atom stereocenters. The summed E-state index contributed by atoms with van der Waals surface area (Å²) in [5, 5.41) is 4.24. The van der Waals surface area contributed by atoms with Crippen molar-refractivity contribution in [3.05, 3.63) is 59.2 Å². The number of benzene rings is 1. The van der Waals surface area contributed by atoms with Gasteiger partial charge in [-0.1, -0.05) is 6.07 Å². The van der Waals surface area contributed by atoms with Crippen LogP contribution in [0, 0.1) is 18.6 Å². The maximum Gasteiger partial charge on any atom is 0.293 e. The molecule has 0 saturated carbocycles. The molecule has 2 heterocycles. The van der Waals surface area contributed by atoms with Gasteiger partial charge >= 0.3 is 0 Å². The van der Waals surface area contributed by atoms with Gasteiger partial charge in [0.15, 0.2) is 11.6 Å². The summed E-state index contributed by atoms with van der Waals surface area (Å²) in [7, 11) is 3.77. The van der Waals surface area contributed by atoms with Crippen LogP contribution in [0.4, 0.5) is 8.78 Å². The van der Waals surface area contributed by atoms with Gasteiger partial charge in [-0.15, -0.1) is 5.10 Å². The van der Waals surface area contributed by atoms with Gasteiger partial charge < -0.3 is 9.80 Å². The quantitative estimate of drug-likeness (QED) is 0.659. The third kappa shape index (κ3) is 4.25. The molecule has 0 spiro atoms. The second-order valence-corrected chi connectivity index (χ2v) is 6.51. The monoisotopic (exact) mass is 374 g/mol. The van der Waals surface area contributed by atoms with E-state index in [0.29, 0.717) is 24.4 Å². The Morgan fingerprint density at radius 3 is 2.59 bits per heavy atom. The Kier molecular flexibility index (Phi) is 5.41. The van der Waals surface area contributed by atoms with E-state index in [-0.39, 0.29) is 12.4 Å². The number of carbonyl (C=O) groups excluding carboxylic acids is 1. The summed E-state index contributed by atoms with van der Waals surface area (Å²) in [4.78, 5) is 24.7. The SMILES string of the molecule is Cc1ccnc2nc(C(=O)N(CCN(C)C)Cc3ccc(F)c(F)c3)nn12. The summed E-state index contributed by atoms with van der Waals surface area (Å²) < 4.78 is 28.2. The summed E-state index contributed by atoms with van der Waals surface area (Å²) in [5.41, 5.74) is 1.28. The summed E-state index contributed by atoms with van der Waals surface area (Å²) in [6.07, 6.45) is 1.60. The highest BCUT2D eigenvalue weighted by molar-refractivity contribution is 5.90. The molecule has 0 aliphatic carbocycles. The standard InChI is InChI=1S/C18H20F2N6O/c1-12-6-7-21-18-22-16(23-26(12)18)17(27)25(9-8-24(2)3)11-13-4-5-14(19)15(20)10-13/h4-7,10H,8-9,11H2,1-3H3. The highest BCUT2D eigenvalue weighted by atomic mass is 19.2. The van der Waals surface area contributed by atoms with Crippen molar-refractivity contribution in [3.63, 3.8) is 0 Å². The second-order valence-electron chi connectivity index (χ2n) is 6.51. The minimum absolute atomic E-state index is 0.0122. The van der Waals surface area contributed by atoms with Crippen LogP contribution in [0.2, 0.25) is 0 Å². The molecular formula is C18H20F2N6O. The van der Waals surface area contributed by atoms with Gasteiger partial charge in [0.25, 0.3) is 11.7 Å². The second kappa shape index (κ2) is 7.75. The highest BCUT2D eigenvalue weighted by Gasteiger charge is 2.22. The number of halogens is 2. The lowest BCUT2D eigenvalue weighted by Gasteiger charge is -2.23.